The second kappa shape index (κ2) is 27.0. The molecule has 11 nitrogen and oxygen atoms in total. The molecular weight excluding hydrogens is 668 g/mol. The molecule has 296 valence electrons. The SMILES string of the molecule is CC[C@H](C)C1OC(=O)\C=C/C=C/C=C/C=C/C=C/C=C/C[C@H](O)[C@H](C)[C@H](O)C[C@H](O)C[C@H](O)C[C@@H](O)C[C@H](O)C[C@@H](O)C[C@@H](O)C[C@@H](O)C=C[C@@H]1C. The Bertz CT molecular complexity index is 1180. The molecule has 13 atom stereocenters. The van der Waals surface area contributed by atoms with Gasteiger partial charge in [-0.05, 0) is 50.9 Å². The number of carbonyl (C=O) groups is 1. The van der Waals surface area contributed by atoms with Crippen molar-refractivity contribution < 1.29 is 55.5 Å². The summed E-state index contributed by atoms with van der Waals surface area (Å²) in [7, 11) is 0. The van der Waals surface area contributed by atoms with Crippen molar-refractivity contribution in [2.75, 3.05) is 0 Å². The maximum absolute atomic E-state index is 12.6. The van der Waals surface area contributed by atoms with Crippen LogP contribution in [0.25, 0.3) is 0 Å². The molecule has 0 aromatic rings. The van der Waals surface area contributed by atoms with Crippen LogP contribution in [0.5, 0.6) is 0 Å². The molecule has 9 N–H and O–H groups in total. The maximum Gasteiger partial charge on any atom is 0.331 e. The number of esters is 1. The van der Waals surface area contributed by atoms with E-state index in [1.54, 1.807) is 55.5 Å². The highest BCUT2D eigenvalue weighted by molar-refractivity contribution is 5.82. The van der Waals surface area contributed by atoms with Gasteiger partial charge in [0.05, 0.1) is 54.9 Å². The predicted molar refractivity (Wildman–Crippen MR) is 203 cm³/mol. The summed E-state index contributed by atoms with van der Waals surface area (Å²) in [6, 6.07) is 0. The quantitative estimate of drug-likeness (QED) is 0.148. The van der Waals surface area contributed by atoms with Gasteiger partial charge in [-0.3, -0.25) is 0 Å². The van der Waals surface area contributed by atoms with Crippen LogP contribution < -0.4 is 0 Å². The molecule has 0 saturated carbocycles. The summed E-state index contributed by atoms with van der Waals surface area (Å²) in [5.74, 6) is -1.24. The highest BCUT2D eigenvalue weighted by Crippen LogP contribution is 2.23. The van der Waals surface area contributed by atoms with E-state index in [4.69, 9.17) is 4.74 Å². The predicted octanol–water partition coefficient (Wildman–Crippen LogP) is 3.49. The number of allylic oxidation sites excluding steroid dienone is 10. The van der Waals surface area contributed by atoms with Gasteiger partial charge in [0.2, 0.25) is 0 Å². The Morgan fingerprint density at radius 2 is 1.02 bits per heavy atom. The summed E-state index contributed by atoms with van der Waals surface area (Å²) < 4.78 is 5.76. The number of aliphatic hydroxyl groups excluding tert-OH is 9. The molecule has 0 fully saturated rings. The average molecular weight is 735 g/mol. The summed E-state index contributed by atoms with van der Waals surface area (Å²) in [6.45, 7) is 7.53. The van der Waals surface area contributed by atoms with Crippen LogP contribution in [-0.4, -0.2) is 113 Å². The molecular formula is C41H66O11. The highest BCUT2D eigenvalue weighted by atomic mass is 16.5. The van der Waals surface area contributed by atoms with Gasteiger partial charge in [0, 0.05) is 24.3 Å². The van der Waals surface area contributed by atoms with Crippen LogP contribution >= 0.6 is 0 Å². The molecule has 1 unspecified atom stereocenters. The topological polar surface area (TPSA) is 208 Å². The number of rotatable bonds is 2. The summed E-state index contributed by atoms with van der Waals surface area (Å²) in [6.07, 6.45) is 14.3. The van der Waals surface area contributed by atoms with Crippen molar-refractivity contribution in [2.45, 2.75) is 147 Å². The van der Waals surface area contributed by atoms with Gasteiger partial charge < -0.3 is 50.7 Å². The molecule has 1 aliphatic rings. The van der Waals surface area contributed by atoms with Crippen LogP contribution in [0.2, 0.25) is 0 Å². The normalized spacial score (nSPS) is 39.7. The Hall–Kier alpha value is -2.71. The van der Waals surface area contributed by atoms with E-state index in [1.165, 1.54) is 12.2 Å². The largest absolute Gasteiger partial charge is 0.458 e. The van der Waals surface area contributed by atoms with E-state index in [9.17, 15) is 50.8 Å². The molecule has 11 heteroatoms. The fourth-order valence-corrected chi connectivity index (χ4v) is 5.97. The van der Waals surface area contributed by atoms with Gasteiger partial charge in [0.25, 0.3) is 0 Å². The molecule has 0 aromatic carbocycles. The third-order valence-corrected chi connectivity index (χ3v) is 9.32. The molecule has 0 bridgehead atoms. The van der Waals surface area contributed by atoms with Crippen molar-refractivity contribution in [3.05, 3.63) is 85.1 Å². The first kappa shape index (κ1) is 47.3. The smallest absolute Gasteiger partial charge is 0.331 e. The van der Waals surface area contributed by atoms with Crippen LogP contribution in [0.1, 0.15) is 85.5 Å². The number of cyclic esters (lactones) is 1. The van der Waals surface area contributed by atoms with Gasteiger partial charge >= 0.3 is 5.97 Å². The van der Waals surface area contributed by atoms with E-state index in [1.807, 2.05) is 45.1 Å². The van der Waals surface area contributed by atoms with Crippen LogP contribution in [0.15, 0.2) is 85.1 Å². The number of aliphatic hydroxyl groups is 9. The third kappa shape index (κ3) is 21.7. The van der Waals surface area contributed by atoms with E-state index in [2.05, 4.69) is 0 Å². The molecule has 52 heavy (non-hydrogen) atoms. The number of hydrogen-bond donors (Lipinski definition) is 9. The molecule has 0 aliphatic carbocycles. The number of ether oxygens (including phenoxy) is 1. The highest BCUT2D eigenvalue weighted by Gasteiger charge is 2.27. The Morgan fingerprint density at radius 1 is 0.596 bits per heavy atom. The van der Waals surface area contributed by atoms with Gasteiger partial charge in [-0.1, -0.05) is 113 Å². The Kier molecular flexibility index (Phi) is 24.5. The molecule has 1 heterocycles. The molecule has 1 rings (SSSR count). The zero-order valence-corrected chi connectivity index (χ0v) is 31.3. The third-order valence-electron chi connectivity index (χ3n) is 9.32. The minimum Gasteiger partial charge on any atom is -0.458 e. The van der Waals surface area contributed by atoms with E-state index in [0.717, 1.165) is 6.42 Å². The monoisotopic (exact) mass is 734 g/mol. The fraction of sp³-hybridized carbons (Fsp3) is 0.634. The van der Waals surface area contributed by atoms with Gasteiger partial charge in [0.15, 0.2) is 0 Å². The molecule has 0 radical (unpaired) electrons. The van der Waals surface area contributed by atoms with Crippen LogP contribution in [0.3, 0.4) is 0 Å². The lowest BCUT2D eigenvalue weighted by Crippen LogP contribution is -2.34. The maximum atomic E-state index is 12.6. The average Bonchev–Trinajstić information content (AvgIpc) is 3.06. The van der Waals surface area contributed by atoms with Crippen molar-refractivity contribution in [1.82, 2.24) is 0 Å². The summed E-state index contributed by atoms with van der Waals surface area (Å²) in [5, 5.41) is 94.1. The van der Waals surface area contributed by atoms with E-state index >= 15 is 0 Å². The minimum atomic E-state index is -1.13. The lowest BCUT2D eigenvalue weighted by molar-refractivity contribution is -0.147. The van der Waals surface area contributed by atoms with Crippen molar-refractivity contribution in [3.63, 3.8) is 0 Å². The van der Waals surface area contributed by atoms with Crippen molar-refractivity contribution >= 4 is 5.97 Å². The second-order valence-electron chi connectivity index (χ2n) is 14.2. The first-order valence-electron chi connectivity index (χ1n) is 18.6. The van der Waals surface area contributed by atoms with Crippen LogP contribution in [0, 0.1) is 17.8 Å². The standard InChI is InChI=1S/C41H66O11/c1-5-28(2)41-29(3)19-20-31(42)21-32(43)22-33(44)23-34(45)24-35(46)25-36(47)26-37(48)27-39(50)30(4)38(49)17-15-13-11-9-7-6-8-10-12-14-16-18-40(51)52-41/h6-16,18-20,28-39,41-50H,5,17,21-27H2,1-4H3/b7-6+,10-8+,11-9+,14-12+,15-13+,18-16-,20-19?/t28-,29-,30-,31-,32-,33-,34+,35-,36+,37+,38-,39+,41?/m0/s1. The Labute approximate surface area is 310 Å². The lowest BCUT2D eigenvalue weighted by atomic mass is 9.90. The van der Waals surface area contributed by atoms with Gasteiger partial charge in [-0.2, -0.15) is 0 Å². The van der Waals surface area contributed by atoms with Gasteiger partial charge in [-0.15, -0.1) is 0 Å². The molecule has 1 aliphatic heterocycles. The van der Waals surface area contributed by atoms with E-state index in [-0.39, 0.29) is 63.2 Å². The summed E-state index contributed by atoms with van der Waals surface area (Å²) >= 11 is 0. The minimum absolute atomic E-state index is 0.0413. The van der Waals surface area contributed by atoms with Gasteiger partial charge in [-0.25, -0.2) is 4.79 Å². The molecule has 0 spiro atoms. The molecule has 0 amide bonds. The lowest BCUT2D eigenvalue weighted by Gasteiger charge is -2.27. The molecule has 0 aromatic heterocycles. The van der Waals surface area contributed by atoms with Crippen molar-refractivity contribution in [1.29, 1.82) is 0 Å². The number of carbonyl (C=O) groups excluding carboxylic acids is 1. The second-order valence-corrected chi connectivity index (χ2v) is 14.2. The summed E-state index contributed by atoms with van der Waals surface area (Å²) in [5.41, 5.74) is 0. The van der Waals surface area contributed by atoms with Crippen LogP contribution in [0.4, 0.5) is 0 Å². The Morgan fingerprint density at radius 3 is 1.50 bits per heavy atom. The zero-order valence-electron chi connectivity index (χ0n) is 31.3. The zero-order chi connectivity index (χ0) is 39.1. The first-order valence-corrected chi connectivity index (χ1v) is 18.6. The number of hydrogen-bond acceptors (Lipinski definition) is 11. The van der Waals surface area contributed by atoms with E-state index < -0.39 is 72.9 Å². The Balaban J connectivity index is 3.01. The van der Waals surface area contributed by atoms with Crippen LogP contribution in [-0.2, 0) is 9.53 Å². The fourth-order valence-electron chi connectivity index (χ4n) is 5.97. The van der Waals surface area contributed by atoms with Crippen molar-refractivity contribution in [3.8, 4) is 0 Å². The summed E-state index contributed by atoms with van der Waals surface area (Å²) in [4.78, 5) is 12.6. The van der Waals surface area contributed by atoms with Gasteiger partial charge in [0.1, 0.15) is 6.10 Å². The molecule has 0 saturated heterocycles. The van der Waals surface area contributed by atoms with E-state index in [0.29, 0.717) is 0 Å². The van der Waals surface area contributed by atoms with Crippen molar-refractivity contribution in [2.24, 2.45) is 17.8 Å². The first-order chi connectivity index (χ1) is 24.6.